The third kappa shape index (κ3) is 3.40. The smallest absolute Gasteiger partial charge is 0.243 e. The molecule has 0 aromatic heterocycles. The van der Waals surface area contributed by atoms with Gasteiger partial charge in [-0.1, -0.05) is 18.5 Å². The van der Waals surface area contributed by atoms with Gasteiger partial charge in [0.1, 0.15) is 0 Å². The molecule has 21 heavy (non-hydrogen) atoms. The van der Waals surface area contributed by atoms with Crippen molar-refractivity contribution in [1.82, 2.24) is 4.31 Å². The van der Waals surface area contributed by atoms with Gasteiger partial charge in [-0.25, -0.2) is 16.8 Å². The maximum Gasteiger partial charge on any atom is 0.243 e. The van der Waals surface area contributed by atoms with Gasteiger partial charge in [0.15, 0.2) is 9.84 Å². The van der Waals surface area contributed by atoms with Crippen molar-refractivity contribution in [3.05, 3.63) is 29.3 Å². The van der Waals surface area contributed by atoms with Crippen LogP contribution in [0.3, 0.4) is 0 Å². The zero-order chi connectivity index (χ0) is 15.8. The normalized spacial score (nSPS) is 25.3. The first-order valence-electron chi connectivity index (χ1n) is 6.33. The van der Waals surface area contributed by atoms with Crippen LogP contribution in [0, 0.1) is 0 Å². The van der Waals surface area contributed by atoms with E-state index in [2.05, 4.69) is 0 Å². The van der Waals surface area contributed by atoms with E-state index in [0.717, 1.165) is 4.31 Å². The molecular weight excluding hydrogens is 338 g/mol. The van der Waals surface area contributed by atoms with E-state index in [4.69, 9.17) is 11.6 Å². The van der Waals surface area contributed by atoms with Crippen LogP contribution in [0.25, 0.3) is 0 Å². The number of rotatable bonds is 4. The molecule has 2 atom stereocenters. The Balaban J connectivity index is 2.39. The first-order valence-corrected chi connectivity index (χ1v) is 9.97. The molecular formula is C12H16ClNO5S2. The lowest BCUT2D eigenvalue weighted by atomic mass is 10.2. The summed E-state index contributed by atoms with van der Waals surface area (Å²) in [6.07, 6.45) is -1.21. The number of nitrogens with zero attached hydrogens (tertiary/aromatic N) is 1. The number of hydrogen-bond acceptors (Lipinski definition) is 5. The zero-order valence-electron chi connectivity index (χ0n) is 11.3. The second-order valence-corrected chi connectivity index (χ2v) is 9.35. The Hall–Kier alpha value is -0.670. The van der Waals surface area contributed by atoms with E-state index >= 15 is 0 Å². The summed E-state index contributed by atoms with van der Waals surface area (Å²) in [7, 11) is -7.31. The molecule has 1 heterocycles. The topological polar surface area (TPSA) is 91.8 Å². The van der Waals surface area contributed by atoms with Crippen LogP contribution in [-0.2, 0) is 19.9 Å². The molecule has 9 heteroatoms. The van der Waals surface area contributed by atoms with E-state index < -0.39 is 37.8 Å². The van der Waals surface area contributed by atoms with Crippen molar-refractivity contribution < 1.29 is 21.9 Å². The minimum Gasteiger partial charge on any atom is -0.390 e. The molecule has 0 saturated carbocycles. The first kappa shape index (κ1) is 16.7. The van der Waals surface area contributed by atoms with Gasteiger partial charge in [0.05, 0.1) is 28.5 Å². The van der Waals surface area contributed by atoms with E-state index in [1.165, 1.54) is 24.3 Å². The highest BCUT2D eigenvalue weighted by Crippen LogP contribution is 2.25. The van der Waals surface area contributed by atoms with Crippen molar-refractivity contribution >= 4 is 31.5 Å². The van der Waals surface area contributed by atoms with Gasteiger partial charge in [-0.2, -0.15) is 4.31 Å². The summed E-state index contributed by atoms with van der Waals surface area (Å²) < 4.78 is 49.4. The number of likely N-dealkylation sites (N-methyl/N-ethyl adjacent to an activating group) is 1. The summed E-state index contributed by atoms with van der Waals surface area (Å²) in [5, 5.41) is 10.3. The Morgan fingerprint density at radius 1 is 1.29 bits per heavy atom. The summed E-state index contributed by atoms with van der Waals surface area (Å²) in [6.45, 7) is 1.67. The fraction of sp³-hybridized carbons (Fsp3) is 0.500. The lowest BCUT2D eigenvalue weighted by Crippen LogP contribution is -2.46. The van der Waals surface area contributed by atoms with Crippen LogP contribution in [0.4, 0.5) is 0 Å². The van der Waals surface area contributed by atoms with Gasteiger partial charge in [0.2, 0.25) is 10.0 Å². The summed E-state index contributed by atoms with van der Waals surface area (Å²) in [6, 6.07) is 4.65. The van der Waals surface area contributed by atoms with Crippen molar-refractivity contribution in [2.24, 2.45) is 0 Å². The molecule has 2 rings (SSSR count). The lowest BCUT2D eigenvalue weighted by molar-refractivity contribution is 0.130. The average molecular weight is 354 g/mol. The first-order chi connectivity index (χ1) is 9.67. The molecule has 1 aliphatic rings. The highest BCUT2D eigenvalue weighted by atomic mass is 35.5. The van der Waals surface area contributed by atoms with Crippen LogP contribution >= 0.6 is 11.6 Å². The van der Waals surface area contributed by atoms with Crippen LogP contribution in [-0.4, -0.2) is 56.4 Å². The van der Waals surface area contributed by atoms with Gasteiger partial charge < -0.3 is 5.11 Å². The second-order valence-electron chi connectivity index (χ2n) is 4.87. The molecule has 0 unspecified atom stereocenters. The van der Waals surface area contributed by atoms with E-state index in [-0.39, 0.29) is 17.2 Å². The Kier molecular flexibility index (Phi) is 4.65. The number of sulfone groups is 1. The third-order valence-electron chi connectivity index (χ3n) is 3.40. The van der Waals surface area contributed by atoms with Gasteiger partial charge in [-0.05, 0) is 24.3 Å². The van der Waals surface area contributed by atoms with E-state index in [1.54, 1.807) is 6.92 Å². The van der Waals surface area contributed by atoms with Crippen molar-refractivity contribution in [2.45, 2.75) is 24.0 Å². The molecule has 1 aromatic rings. The summed E-state index contributed by atoms with van der Waals surface area (Å²) in [5.41, 5.74) is 0. The summed E-state index contributed by atoms with van der Waals surface area (Å²) in [4.78, 5) is 0.0187. The molecule has 0 amide bonds. The molecule has 1 N–H and O–H groups in total. The van der Waals surface area contributed by atoms with Crippen LogP contribution in [0.5, 0.6) is 0 Å². The van der Waals surface area contributed by atoms with Crippen molar-refractivity contribution in [3.63, 3.8) is 0 Å². The van der Waals surface area contributed by atoms with Crippen molar-refractivity contribution in [1.29, 1.82) is 0 Å². The number of benzene rings is 1. The lowest BCUT2D eigenvalue weighted by Gasteiger charge is -2.28. The average Bonchev–Trinajstić information content (AvgIpc) is 2.64. The van der Waals surface area contributed by atoms with Crippen LogP contribution in [0.1, 0.15) is 6.92 Å². The van der Waals surface area contributed by atoms with E-state index in [0.29, 0.717) is 5.02 Å². The van der Waals surface area contributed by atoms with Crippen LogP contribution in [0.2, 0.25) is 5.02 Å². The van der Waals surface area contributed by atoms with Gasteiger partial charge >= 0.3 is 0 Å². The summed E-state index contributed by atoms with van der Waals surface area (Å²) in [5.74, 6) is -0.779. The molecule has 118 valence electrons. The molecule has 6 nitrogen and oxygen atoms in total. The minimum atomic E-state index is -3.88. The third-order valence-corrected chi connectivity index (χ3v) is 7.36. The Bertz CT molecular complexity index is 715. The monoisotopic (exact) mass is 353 g/mol. The number of sulfonamides is 1. The molecule has 0 bridgehead atoms. The van der Waals surface area contributed by atoms with Crippen LogP contribution in [0.15, 0.2) is 29.2 Å². The minimum absolute atomic E-state index is 0.0187. The molecule has 1 fully saturated rings. The number of aliphatic hydroxyl groups is 1. The van der Waals surface area contributed by atoms with Crippen molar-refractivity contribution in [3.8, 4) is 0 Å². The second kappa shape index (κ2) is 5.85. The Morgan fingerprint density at radius 2 is 1.86 bits per heavy atom. The Morgan fingerprint density at radius 3 is 2.29 bits per heavy atom. The van der Waals surface area contributed by atoms with Crippen molar-refractivity contribution in [2.75, 3.05) is 18.1 Å². The number of hydrogen-bond donors (Lipinski definition) is 1. The highest BCUT2D eigenvalue weighted by molar-refractivity contribution is 7.92. The summed E-state index contributed by atoms with van der Waals surface area (Å²) >= 11 is 5.74. The standard InChI is InChI=1S/C12H16ClNO5S2/c1-2-14(11-7-20(16,17)8-12(11)15)21(18,19)10-5-3-9(13)4-6-10/h3-6,11-12,15H,2,7-8H2,1H3/t11-,12-/m1/s1. The van der Waals surface area contributed by atoms with Gasteiger partial charge in [-0.3, -0.25) is 0 Å². The van der Waals surface area contributed by atoms with E-state index in [9.17, 15) is 21.9 Å². The van der Waals surface area contributed by atoms with Crippen LogP contribution < -0.4 is 0 Å². The SMILES string of the molecule is CCN([C@@H]1CS(=O)(=O)C[C@H]1O)S(=O)(=O)c1ccc(Cl)cc1. The van der Waals surface area contributed by atoms with Gasteiger partial charge in [-0.15, -0.1) is 0 Å². The molecule has 0 spiro atoms. The molecule has 0 radical (unpaired) electrons. The fourth-order valence-electron chi connectivity index (χ4n) is 2.41. The molecule has 1 aliphatic heterocycles. The number of halogens is 1. The largest absolute Gasteiger partial charge is 0.390 e. The highest BCUT2D eigenvalue weighted by Gasteiger charge is 2.44. The molecule has 1 aromatic carbocycles. The van der Waals surface area contributed by atoms with Gasteiger partial charge in [0, 0.05) is 11.6 Å². The predicted molar refractivity (Wildman–Crippen MR) is 79.5 cm³/mol. The zero-order valence-corrected chi connectivity index (χ0v) is 13.7. The number of aliphatic hydroxyl groups excluding tert-OH is 1. The molecule has 1 saturated heterocycles. The maximum atomic E-state index is 12.6. The quantitative estimate of drug-likeness (QED) is 0.851. The maximum absolute atomic E-state index is 12.6. The predicted octanol–water partition coefficient (Wildman–Crippen LogP) is 0.509. The molecule has 0 aliphatic carbocycles. The van der Waals surface area contributed by atoms with E-state index in [1.807, 2.05) is 0 Å². The van der Waals surface area contributed by atoms with Gasteiger partial charge in [0.25, 0.3) is 0 Å². The fourth-order valence-corrected chi connectivity index (χ4v) is 6.09. The Labute approximate surface area is 129 Å².